The summed E-state index contributed by atoms with van der Waals surface area (Å²) in [5.74, 6) is 0.803. The molecule has 0 saturated carbocycles. The van der Waals surface area contributed by atoms with E-state index in [0.29, 0.717) is 19.6 Å². The maximum Gasteiger partial charge on any atom is 0.315 e. The van der Waals surface area contributed by atoms with E-state index in [0.717, 1.165) is 11.3 Å². The molecule has 2 atom stereocenters. The van der Waals surface area contributed by atoms with Crippen molar-refractivity contribution in [2.45, 2.75) is 53.2 Å². The molecule has 130 valence electrons. The highest BCUT2D eigenvalue weighted by Gasteiger charge is 2.21. The quantitative estimate of drug-likeness (QED) is 0.689. The van der Waals surface area contributed by atoms with Gasteiger partial charge in [-0.25, -0.2) is 4.79 Å². The summed E-state index contributed by atoms with van der Waals surface area (Å²) in [6.45, 7) is 10.6. The number of nitrogens with one attached hydrogen (secondary N) is 2. The van der Waals surface area contributed by atoms with Gasteiger partial charge in [0.15, 0.2) is 0 Å². The van der Waals surface area contributed by atoms with Gasteiger partial charge in [-0.15, -0.1) is 0 Å². The highest BCUT2D eigenvalue weighted by molar-refractivity contribution is 5.74. The van der Waals surface area contributed by atoms with E-state index >= 15 is 0 Å². The number of carbonyl (C=O) groups excluding carboxylic acids is 1. The number of aliphatic hydroxyl groups is 1. The Kier molecular flexibility index (Phi) is 7.36. The minimum atomic E-state index is -0.378. The molecule has 0 aliphatic rings. The van der Waals surface area contributed by atoms with E-state index in [1.54, 1.807) is 6.92 Å². The fraction of sp³-hybridized carbons (Fsp3) is 0.611. The highest BCUT2D eigenvalue weighted by Crippen LogP contribution is 2.20. The van der Waals surface area contributed by atoms with Crippen molar-refractivity contribution in [3.63, 3.8) is 0 Å². The first-order chi connectivity index (χ1) is 10.7. The molecule has 5 heteroatoms. The number of urea groups is 1. The van der Waals surface area contributed by atoms with Crippen molar-refractivity contribution in [3.8, 4) is 5.75 Å². The molecule has 2 unspecified atom stereocenters. The van der Waals surface area contributed by atoms with Gasteiger partial charge in [0, 0.05) is 6.54 Å². The summed E-state index contributed by atoms with van der Waals surface area (Å²) in [4.78, 5) is 11.9. The lowest BCUT2D eigenvalue weighted by Gasteiger charge is -2.26. The average Bonchev–Trinajstić information content (AvgIpc) is 2.42. The van der Waals surface area contributed by atoms with E-state index in [4.69, 9.17) is 4.74 Å². The summed E-state index contributed by atoms with van der Waals surface area (Å²) in [5, 5.41) is 15.2. The Balaban J connectivity index is 2.31. The Hall–Kier alpha value is -1.75. The number of aliphatic hydroxyl groups excluding tert-OH is 1. The van der Waals surface area contributed by atoms with Gasteiger partial charge in [0.05, 0.1) is 12.1 Å². The molecular weight excluding hydrogens is 292 g/mol. The van der Waals surface area contributed by atoms with E-state index in [1.165, 1.54) is 0 Å². The van der Waals surface area contributed by atoms with Gasteiger partial charge < -0.3 is 20.5 Å². The molecule has 0 saturated heterocycles. The highest BCUT2D eigenvalue weighted by atomic mass is 16.5. The number of ether oxygens (including phenoxy) is 1. The topological polar surface area (TPSA) is 70.6 Å². The molecule has 23 heavy (non-hydrogen) atoms. The molecule has 2 amide bonds. The number of rotatable bonds is 8. The second kappa shape index (κ2) is 8.77. The van der Waals surface area contributed by atoms with Crippen LogP contribution in [0.25, 0.3) is 0 Å². The van der Waals surface area contributed by atoms with Crippen molar-refractivity contribution in [3.05, 3.63) is 29.8 Å². The standard InChI is InChI=1S/C18H30N2O3/c1-13-7-6-8-16(9-13)23-11-14(2)20-17(22)19-12-18(4,5)10-15(3)21/h6-9,14-15,21H,10-12H2,1-5H3,(H2,19,20,22). The van der Waals surface area contributed by atoms with Crippen LogP contribution in [0.5, 0.6) is 5.75 Å². The molecule has 0 aliphatic carbocycles. The second-order valence-electron chi connectivity index (χ2n) is 7.07. The van der Waals surface area contributed by atoms with Gasteiger partial charge in [0.1, 0.15) is 12.4 Å². The Labute approximate surface area is 139 Å². The van der Waals surface area contributed by atoms with Crippen LogP contribution in [-0.2, 0) is 0 Å². The van der Waals surface area contributed by atoms with Gasteiger partial charge >= 0.3 is 6.03 Å². The Bertz CT molecular complexity index is 501. The van der Waals surface area contributed by atoms with E-state index < -0.39 is 0 Å². The van der Waals surface area contributed by atoms with E-state index in [2.05, 4.69) is 10.6 Å². The summed E-state index contributed by atoms with van der Waals surface area (Å²) in [6, 6.07) is 7.50. The van der Waals surface area contributed by atoms with Crippen molar-refractivity contribution in [2.24, 2.45) is 5.41 Å². The Morgan fingerprint density at radius 2 is 2.04 bits per heavy atom. The third-order valence-electron chi connectivity index (χ3n) is 3.44. The van der Waals surface area contributed by atoms with Crippen molar-refractivity contribution >= 4 is 6.03 Å². The molecule has 0 aromatic heterocycles. The molecule has 0 radical (unpaired) electrons. The zero-order chi connectivity index (χ0) is 17.5. The fourth-order valence-electron chi connectivity index (χ4n) is 2.43. The predicted molar refractivity (Wildman–Crippen MR) is 92.7 cm³/mol. The molecule has 0 aliphatic heterocycles. The number of amides is 2. The lowest BCUT2D eigenvalue weighted by Crippen LogP contribution is -2.46. The van der Waals surface area contributed by atoms with Crippen LogP contribution in [0.4, 0.5) is 4.79 Å². The molecule has 1 aromatic carbocycles. The number of hydrogen-bond acceptors (Lipinski definition) is 3. The molecule has 1 aromatic rings. The van der Waals surface area contributed by atoms with Gasteiger partial charge in [-0.3, -0.25) is 0 Å². The number of benzene rings is 1. The van der Waals surface area contributed by atoms with Crippen molar-refractivity contribution in [1.82, 2.24) is 10.6 Å². The van der Waals surface area contributed by atoms with Crippen LogP contribution in [-0.4, -0.2) is 36.4 Å². The average molecular weight is 322 g/mol. The first-order valence-corrected chi connectivity index (χ1v) is 8.10. The fourth-order valence-corrected chi connectivity index (χ4v) is 2.43. The monoisotopic (exact) mass is 322 g/mol. The van der Waals surface area contributed by atoms with Gasteiger partial charge in [0.25, 0.3) is 0 Å². The molecule has 3 N–H and O–H groups in total. The van der Waals surface area contributed by atoms with Crippen LogP contribution in [0, 0.1) is 12.3 Å². The molecule has 0 heterocycles. The third-order valence-corrected chi connectivity index (χ3v) is 3.44. The number of hydrogen-bond donors (Lipinski definition) is 3. The predicted octanol–water partition coefficient (Wildman–Crippen LogP) is 2.86. The summed E-state index contributed by atoms with van der Waals surface area (Å²) in [6.07, 6.45) is 0.260. The van der Waals surface area contributed by atoms with Gasteiger partial charge in [-0.05, 0) is 50.3 Å². The maximum absolute atomic E-state index is 11.9. The van der Waals surface area contributed by atoms with Gasteiger partial charge in [-0.2, -0.15) is 0 Å². The zero-order valence-electron chi connectivity index (χ0n) is 14.8. The Morgan fingerprint density at radius 3 is 2.65 bits per heavy atom. The normalized spacial score (nSPS) is 14.0. The molecule has 5 nitrogen and oxygen atoms in total. The minimum absolute atomic E-state index is 0.101. The number of aryl methyl sites for hydroxylation is 1. The third kappa shape index (κ3) is 8.45. The summed E-state index contributed by atoms with van der Waals surface area (Å²) in [5.41, 5.74) is 0.994. The van der Waals surface area contributed by atoms with Crippen molar-refractivity contribution < 1.29 is 14.6 Å². The van der Waals surface area contributed by atoms with Gasteiger partial charge in [0.2, 0.25) is 0 Å². The van der Waals surface area contributed by atoms with Crippen molar-refractivity contribution in [1.29, 1.82) is 0 Å². The van der Waals surface area contributed by atoms with E-state index in [1.807, 2.05) is 52.0 Å². The van der Waals surface area contributed by atoms with E-state index in [9.17, 15) is 9.90 Å². The van der Waals surface area contributed by atoms with Crippen LogP contribution in [0.15, 0.2) is 24.3 Å². The van der Waals surface area contributed by atoms with Crippen LogP contribution < -0.4 is 15.4 Å². The lowest BCUT2D eigenvalue weighted by atomic mass is 9.87. The largest absolute Gasteiger partial charge is 0.491 e. The summed E-state index contributed by atoms with van der Waals surface area (Å²) < 4.78 is 5.67. The van der Waals surface area contributed by atoms with Crippen LogP contribution in [0.3, 0.4) is 0 Å². The molecule has 0 fully saturated rings. The second-order valence-corrected chi connectivity index (χ2v) is 7.07. The van der Waals surface area contributed by atoms with Crippen LogP contribution in [0.1, 0.15) is 39.7 Å². The first-order valence-electron chi connectivity index (χ1n) is 8.10. The van der Waals surface area contributed by atoms with Gasteiger partial charge in [-0.1, -0.05) is 26.0 Å². The van der Waals surface area contributed by atoms with E-state index in [-0.39, 0.29) is 23.6 Å². The summed E-state index contributed by atoms with van der Waals surface area (Å²) >= 11 is 0. The summed E-state index contributed by atoms with van der Waals surface area (Å²) in [7, 11) is 0. The maximum atomic E-state index is 11.9. The smallest absolute Gasteiger partial charge is 0.315 e. The molecule has 0 spiro atoms. The number of carbonyl (C=O) groups is 1. The molecule has 1 rings (SSSR count). The van der Waals surface area contributed by atoms with Crippen molar-refractivity contribution in [2.75, 3.05) is 13.2 Å². The molecular formula is C18H30N2O3. The molecule has 0 bridgehead atoms. The Morgan fingerprint density at radius 1 is 1.35 bits per heavy atom. The van der Waals surface area contributed by atoms with Crippen LogP contribution >= 0.6 is 0 Å². The lowest BCUT2D eigenvalue weighted by molar-refractivity contribution is 0.128. The SMILES string of the molecule is Cc1cccc(OCC(C)NC(=O)NCC(C)(C)CC(C)O)c1. The zero-order valence-corrected chi connectivity index (χ0v) is 14.8. The first kappa shape index (κ1) is 19.3. The van der Waals surface area contributed by atoms with Crippen LogP contribution in [0.2, 0.25) is 0 Å². The minimum Gasteiger partial charge on any atom is -0.491 e.